The van der Waals surface area contributed by atoms with E-state index < -0.39 is 0 Å². The summed E-state index contributed by atoms with van der Waals surface area (Å²) in [5.74, 6) is 1.36. The van der Waals surface area contributed by atoms with E-state index in [0.717, 1.165) is 18.2 Å². The van der Waals surface area contributed by atoms with E-state index in [1.807, 2.05) is 7.05 Å². The lowest BCUT2D eigenvalue weighted by Crippen LogP contribution is -2.41. The van der Waals surface area contributed by atoms with Gasteiger partial charge in [0.05, 0.1) is 17.2 Å². The van der Waals surface area contributed by atoms with E-state index >= 15 is 0 Å². The van der Waals surface area contributed by atoms with Crippen LogP contribution in [0.5, 0.6) is 0 Å². The third kappa shape index (κ3) is 8.31. The molecule has 1 unspecified atom stereocenters. The molecule has 0 saturated carbocycles. The van der Waals surface area contributed by atoms with Gasteiger partial charge in [-0.3, -0.25) is 4.99 Å². The minimum absolute atomic E-state index is 0. The van der Waals surface area contributed by atoms with Gasteiger partial charge < -0.3 is 10.6 Å². The molecule has 2 N–H and O–H groups in total. The molecule has 4 nitrogen and oxygen atoms in total. The van der Waals surface area contributed by atoms with E-state index in [9.17, 15) is 0 Å². The van der Waals surface area contributed by atoms with Gasteiger partial charge in [0.25, 0.3) is 0 Å². The molecule has 0 aliphatic rings. The number of rotatable bonds is 8. The van der Waals surface area contributed by atoms with Crippen LogP contribution in [0.15, 0.2) is 10.4 Å². The van der Waals surface area contributed by atoms with Gasteiger partial charge in [0.1, 0.15) is 0 Å². The molecule has 1 heterocycles. The molecule has 0 fully saturated rings. The van der Waals surface area contributed by atoms with Gasteiger partial charge in [-0.05, 0) is 13.3 Å². The zero-order valence-electron chi connectivity index (χ0n) is 14.5. The smallest absolute Gasteiger partial charge is 0.191 e. The van der Waals surface area contributed by atoms with Crippen LogP contribution in [0.3, 0.4) is 0 Å². The van der Waals surface area contributed by atoms with Crippen LogP contribution in [-0.2, 0) is 6.54 Å². The van der Waals surface area contributed by atoms with E-state index in [0.29, 0.717) is 12.0 Å². The van der Waals surface area contributed by atoms with Crippen LogP contribution < -0.4 is 10.6 Å². The van der Waals surface area contributed by atoms with Crippen LogP contribution in [0.4, 0.5) is 0 Å². The van der Waals surface area contributed by atoms with Crippen LogP contribution in [0.2, 0.25) is 0 Å². The normalized spacial score (nSPS) is 12.9. The zero-order valence-corrected chi connectivity index (χ0v) is 17.6. The second-order valence-corrected chi connectivity index (χ2v) is 6.69. The van der Waals surface area contributed by atoms with Gasteiger partial charge in [0.2, 0.25) is 0 Å². The average Bonchev–Trinajstić information content (AvgIpc) is 2.92. The summed E-state index contributed by atoms with van der Waals surface area (Å²) in [5, 5.41) is 10.1. The molecule has 0 spiro atoms. The van der Waals surface area contributed by atoms with Crippen molar-refractivity contribution in [2.45, 2.75) is 71.9 Å². The topological polar surface area (TPSA) is 49.3 Å². The molecule has 128 valence electrons. The number of aromatic nitrogens is 1. The molecule has 0 aliphatic carbocycles. The van der Waals surface area contributed by atoms with Crippen LogP contribution in [-0.4, -0.2) is 24.0 Å². The molecule has 0 aromatic carbocycles. The highest BCUT2D eigenvalue weighted by Crippen LogP contribution is 2.18. The van der Waals surface area contributed by atoms with E-state index in [1.54, 1.807) is 11.3 Å². The first-order valence-corrected chi connectivity index (χ1v) is 8.86. The molecule has 0 saturated heterocycles. The highest BCUT2D eigenvalue weighted by molar-refractivity contribution is 14.0. The Labute approximate surface area is 156 Å². The van der Waals surface area contributed by atoms with Gasteiger partial charge in [-0.25, -0.2) is 4.98 Å². The molecule has 6 heteroatoms. The molecule has 0 bridgehead atoms. The lowest BCUT2D eigenvalue weighted by atomic mass is 10.1. The van der Waals surface area contributed by atoms with E-state index in [1.165, 1.54) is 30.7 Å². The van der Waals surface area contributed by atoms with Gasteiger partial charge in [-0.2, -0.15) is 0 Å². The van der Waals surface area contributed by atoms with Crippen molar-refractivity contribution in [1.82, 2.24) is 15.6 Å². The highest BCUT2D eigenvalue weighted by Gasteiger charge is 2.08. The summed E-state index contributed by atoms with van der Waals surface area (Å²) in [6.07, 6.45) is 5.02. The highest BCUT2D eigenvalue weighted by atomic mass is 127. The molecule has 1 aromatic rings. The molecule has 0 amide bonds. The standard InChI is InChI=1S/C16H30N4S.HI/c1-6-7-8-9-13(4)19-16(17-5)18-10-14-11-21-15(20-14)12(2)3;/h11-13H,6-10H2,1-5H3,(H2,17,18,19);1H. The summed E-state index contributed by atoms with van der Waals surface area (Å²) in [6, 6.07) is 0.449. The molecule has 0 radical (unpaired) electrons. The molecule has 1 rings (SSSR count). The van der Waals surface area contributed by atoms with E-state index in [4.69, 9.17) is 0 Å². The second-order valence-electron chi connectivity index (χ2n) is 5.80. The summed E-state index contributed by atoms with van der Waals surface area (Å²) in [6.45, 7) is 9.52. The molecule has 0 aliphatic heterocycles. The Morgan fingerprint density at radius 3 is 2.59 bits per heavy atom. The third-order valence-corrected chi connectivity index (χ3v) is 4.54. The van der Waals surface area contributed by atoms with Crippen LogP contribution in [0.1, 0.15) is 70.0 Å². The number of nitrogens with one attached hydrogen (secondary N) is 2. The number of aliphatic imine (C=N–C) groups is 1. The van der Waals surface area contributed by atoms with E-state index in [-0.39, 0.29) is 24.0 Å². The maximum absolute atomic E-state index is 4.63. The van der Waals surface area contributed by atoms with Gasteiger partial charge in [-0.1, -0.05) is 40.0 Å². The number of halogens is 1. The summed E-state index contributed by atoms with van der Waals surface area (Å²) in [4.78, 5) is 8.91. The van der Waals surface area contributed by atoms with Crippen molar-refractivity contribution < 1.29 is 0 Å². The van der Waals surface area contributed by atoms with Gasteiger partial charge in [0.15, 0.2) is 5.96 Å². The summed E-state index contributed by atoms with van der Waals surface area (Å²) >= 11 is 1.73. The zero-order chi connectivity index (χ0) is 15.7. The predicted molar refractivity (Wildman–Crippen MR) is 109 cm³/mol. The van der Waals surface area contributed by atoms with E-state index in [2.05, 4.69) is 53.7 Å². The van der Waals surface area contributed by atoms with Gasteiger partial charge in [0, 0.05) is 24.4 Å². The maximum atomic E-state index is 4.63. The molecule has 1 atom stereocenters. The molecular formula is C16H31IN4S. The van der Waals surface area contributed by atoms with Gasteiger partial charge in [-0.15, -0.1) is 35.3 Å². The van der Waals surface area contributed by atoms with Crippen molar-refractivity contribution in [1.29, 1.82) is 0 Å². The molecular weight excluding hydrogens is 407 g/mol. The first-order chi connectivity index (χ1) is 10.1. The summed E-state index contributed by atoms with van der Waals surface area (Å²) in [5.41, 5.74) is 1.09. The molecule has 22 heavy (non-hydrogen) atoms. The Morgan fingerprint density at radius 1 is 1.32 bits per heavy atom. The van der Waals surface area contributed by atoms with Crippen LogP contribution >= 0.6 is 35.3 Å². The average molecular weight is 438 g/mol. The van der Waals surface area contributed by atoms with Crippen LogP contribution in [0, 0.1) is 0 Å². The minimum Gasteiger partial charge on any atom is -0.354 e. The Hall–Kier alpha value is -0.370. The fourth-order valence-electron chi connectivity index (χ4n) is 2.04. The van der Waals surface area contributed by atoms with Crippen molar-refractivity contribution >= 4 is 41.3 Å². The third-order valence-electron chi connectivity index (χ3n) is 3.35. The minimum atomic E-state index is 0. The number of hydrogen-bond donors (Lipinski definition) is 2. The molecule has 1 aromatic heterocycles. The summed E-state index contributed by atoms with van der Waals surface area (Å²) in [7, 11) is 1.81. The number of nitrogens with zero attached hydrogens (tertiary/aromatic N) is 2. The lowest BCUT2D eigenvalue weighted by molar-refractivity contribution is 0.546. The monoisotopic (exact) mass is 438 g/mol. The first kappa shape index (κ1) is 21.6. The van der Waals surface area contributed by atoms with Crippen molar-refractivity contribution in [3.8, 4) is 0 Å². The SMILES string of the molecule is CCCCCC(C)NC(=NC)NCc1csc(C(C)C)n1.I. The Bertz CT molecular complexity index is 432. The largest absolute Gasteiger partial charge is 0.354 e. The predicted octanol–water partition coefficient (Wildman–Crippen LogP) is 4.52. The van der Waals surface area contributed by atoms with Crippen molar-refractivity contribution in [3.05, 3.63) is 16.1 Å². The van der Waals surface area contributed by atoms with Crippen molar-refractivity contribution in [2.75, 3.05) is 7.05 Å². The maximum Gasteiger partial charge on any atom is 0.191 e. The Balaban J connectivity index is 0.00000441. The Morgan fingerprint density at radius 2 is 2.05 bits per heavy atom. The van der Waals surface area contributed by atoms with Crippen molar-refractivity contribution in [2.24, 2.45) is 4.99 Å². The fourth-order valence-corrected chi connectivity index (χ4v) is 2.88. The number of unbranched alkanes of at least 4 members (excludes halogenated alkanes) is 2. The van der Waals surface area contributed by atoms with Crippen molar-refractivity contribution in [3.63, 3.8) is 0 Å². The number of thiazole rings is 1. The summed E-state index contributed by atoms with van der Waals surface area (Å²) < 4.78 is 0. The van der Waals surface area contributed by atoms with Gasteiger partial charge >= 0.3 is 0 Å². The van der Waals surface area contributed by atoms with Crippen LogP contribution in [0.25, 0.3) is 0 Å². The first-order valence-electron chi connectivity index (χ1n) is 7.98. The fraction of sp³-hybridized carbons (Fsp3) is 0.750. The quantitative estimate of drug-likeness (QED) is 0.272. The number of hydrogen-bond acceptors (Lipinski definition) is 3. The Kier molecular flexibility index (Phi) is 11.9. The second kappa shape index (κ2) is 12.1. The number of guanidine groups is 1. The lowest BCUT2D eigenvalue weighted by Gasteiger charge is -2.17.